The Balaban J connectivity index is 1.69. The standard InChI is InChI=1S/C24H20N2O4Se/c27-23(19-13-7-8-14-20(19)26(29)30)21-15-22(31-18-11-5-2-6-12-18)24(28)25(21)16-17-9-3-1-4-10-17/h1-15,21,23,27H,16H2/t21-,23+/m0/s1. The molecule has 0 saturated heterocycles. The zero-order valence-corrected chi connectivity index (χ0v) is 18.2. The van der Waals surface area contributed by atoms with Gasteiger partial charge in [0.15, 0.2) is 0 Å². The van der Waals surface area contributed by atoms with Crippen LogP contribution < -0.4 is 4.46 Å². The van der Waals surface area contributed by atoms with E-state index < -0.39 is 17.1 Å². The molecule has 0 spiro atoms. The minimum absolute atomic E-state index is 0.143. The minimum atomic E-state index is -1.21. The Hall–Kier alpha value is -3.25. The van der Waals surface area contributed by atoms with Crippen molar-refractivity contribution in [3.05, 3.63) is 117 Å². The fourth-order valence-electron chi connectivity index (χ4n) is 3.59. The summed E-state index contributed by atoms with van der Waals surface area (Å²) in [6, 6.07) is 24.7. The van der Waals surface area contributed by atoms with Gasteiger partial charge in [-0.25, -0.2) is 0 Å². The van der Waals surface area contributed by atoms with Gasteiger partial charge in [0.1, 0.15) is 0 Å². The number of benzene rings is 3. The number of hydrogen-bond donors (Lipinski definition) is 1. The molecule has 3 aromatic rings. The Morgan fingerprint density at radius 3 is 2.26 bits per heavy atom. The molecule has 1 amide bonds. The van der Waals surface area contributed by atoms with Gasteiger partial charge in [0.2, 0.25) is 0 Å². The average Bonchev–Trinajstić information content (AvgIpc) is 3.10. The summed E-state index contributed by atoms with van der Waals surface area (Å²) in [5.74, 6) is -0.143. The third-order valence-electron chi connectivity index (χ3n) is 5.10. The summed E-state index contributed by atoms with van der Waals surface area (Å²) in [5.41, 5.74) is 0.975. The van der Waals surface area contributed by atoms with Crippen molar-refractivity contribution >= 4 is 31.0 Å². The molecule has 1 aliphatic rings. The predicted octanol–water partition coefficient (Wildman–Crippen LogP) is 2.95. The summed E-state index contributed by atoms with van der Waals surface area (Å²) in [6.07, 6.45) is 0.568. The van der Waals surface area contributed by atoms with E-state index in [1.807, 2.05) is 60.7 Å². The van der Waals surface area contributed by atoms with Gasteiger partial charge < -0.3 is 0 Å². The van der Waals surface area contributed by atoms with Gasteiger partial charge in [0.25, 0.3) is 0 Å². The summed E-state index contributed by atoms with van der Waals surface area (Å²) >= 11 is -0.232. The molecule has 0 bridgehead atoms. The molecular weight excluding hydrogens is 459 g/mol. The molecule has 156 valence electrons. The molecule has 0 aliphatic carbocycles. The van der Waals surface area contributed by atoms with Crippen LogP contribution in [0.4, 0.5) is 5.69 Å². The number of nitro benzene ring substituents is 1. The molecule has 6 nitrogen and oxygen atoms in total. The fourth-order valence-corrected chi connectivity index (χ4v) is 5.61. The van der Waals surface area contributed by atoms with E-state index in [1.165, 1.54) is 6.07 Å². The molecule has 1 N–H and O–H groups in total. The molecule has 0 aromatic heterocycles. The number of rotatable bonds is 7. The van der Waals surface area contributed by atoms with Crippen LogP contribution in [0.25, 0.3) is 0 Å². The number of para-hydroxylation sites is 1. The van der Waals surface area contributed by atoms with Crippen LogP contribution in [0, 0.1) is 10.1 Å². The van der Waals surface area contributed by atoms with Gasteiger partial charge in [0, 0.05) is 0 Å². The van der Waals surface area contributed by atoms with E-state index in [2.05, 4.69) is 0 Å². The third-order valence-corrected chi connectivity index (χ3v) is 7.27. The molecular formula is C24H20N2O4Se. The van der Waals surface area contributed by atoms with Crippen molar-refractivity contribution in [2.45, 2.75) is 18.7 Å². The summed E-state index contributed by atoms with van der Waals surface area (Å²) in [5, 5.41) is 22.6. The maximum atomic E-state index is 13.3. The van der Waals surface area contributed by atoms with Crippen molar-refractivity contribution in [2.24, 2.45) is 0 Å². The van der Waals surface area contributed by atoms with Crippen LogP contribution in [0.3, 0.4) is 0 Å². The van der Waals surface area contributed by atoms with Crippen molar-refractivity contribution in [1.82, 2.24) is 4.90 Å². The summed E-state index contributed by atoms with van der Waals surface area (Å²) in [4.78, 5) is 25.9. The Kier molecular flexibility index (Phi) is 6.28. The molecule has 0 radical (unpaired) electrons. The van der Waals surface area contributed by atoms with Crippen molar-refractivity contribution in [1.29, 1.82) is 0 Å². The second kappa shape index (κ2) is 9.27. The molecule has 31 heavy (non-hydrogen) atoms. The van der Waals surface area contributed by atoms with Gasteiger partial charge in [-0.1, -0.05) is 0 Å². The van der Waals surface area contributed by atoms with E-state index in [1.54, 1.807) is 29.2 Å². The Morgan fingerprint density at radius 1 is 0.968 bits per heavy atom. The first-order chi connectivity index (χ1) is 15.0. The SMILES string of the molecule is O=C1C([Se]c2ccccc2)=C[C@@H]([C@H](O)c2ccccc2[N+](=O)[O-])N1Cc1ccccc1. The van der Waals surface area contributed by atoms with Gasteiger partial charge in [-0.2, -0.15) is 0 Å². The number of hydrogen-bond acceptors (Lipinski definition) is 4. The first-order valence-corrected chi connectivity index (χ1v) is 11.5. The maximum absolute atomic E-state index is 13.3. The molecule has 1 heterocycles. The van der Waals surface area contributed by atoms with E-state index in [4.69, 9.17) is 0 Å². The van der Waals surface area contributed by atoms with E-state index in [0.717, 1.165) is 10.0 Å². The number of aliphatic hydroxyl groups is 1. The van der Waals surface area contributed by atoms with Crippen molar-refractivity contribution in [3.63, 3.8) is 0 Å². The Morgan fingerprint density at radius 2 is 1.58 bits per heavy atom. The van der Waals surface area contributed by atoms with Crippen LogP contribution in [0.5, 0.6) is 0 Å². The molecule has 0 fully saturated rings. The molecule has 3 aromatic carbocycles. The normalized spacial score (nSPS) is 16.8. The van der Waals surface area contributed by atoms with Crippen molar-refractivity contribution in [2.75, 3.05) is 0 Å². The average molecular weight is 479 g/mol. The molecule has 7 heteroatoms. The fraction of sp³-hybridized carbons (Fsp3) is 0.125. The van der Waals surface area contributed by atoms with Gasteiger partial charge in [0.05, 0.1) is 0 Å². The van der Waals surface area contributed by atoms with Gasteiger partial charge in [-0.05, 0) is 0 Å². The van der Waals surface area contributed by atoms with E-state index >= 15 is 0 Å². The molecule has 1 aliphatic heterocycles. The second-order valence-corrected chi connectivity index (χ2v) is 9.46. The molecule has 0 saturated carbocycles. The number of nitro groups is 1. The quantitative estimate of drug-likeness (QED) is 0.321. The first-order valence-electron chi connectivity index (χ1n) is 9.75. The predicted molar refractivity (Wildman–Crippen MR) is 119 cm³/mol. The first kappa shape index (κ1) is 21.0. The number of amides is 1. The monoisotopic (exact) mass is 480 g/mol. The van der Waals surface area contributed by atoms with Crippen molar-refractivity contribution in [3.8, 4) is 0 Å². The number of carbonyl (C=O) groups excluding carboxylic acids is 1. The zero-order chi connectivity index (χ0) is 21.8. The van der Waals surface area contributed by atoms with Crippen LogP contribution >= 0.6 is 0 Å². The van der Waals surface area contributed by atoms with Gasteiger partial charge in [-0.3, -0.25) is 0 Å². The van der Waals surface area contributed by atoms with E-state index in [9.17, 15) is 20.0 Å². The number of aliphatic hydroxyl groups excluding tert-OH is 1. The van der Waals surface area contributed by atoms with Crippen LogP contribution in [0.15, 0.2) is 95.5 Å². The molecule has 0 unspecified atom stereocenters. The number of nitrogens with zero attached hydrogens (tertiary/aromatic N) is 2. The topological polar surface area (TPSA) is 83.7 Å². The van der Waals surface area contributed by atoms with E-state index in [0.29, 0.717) is 11.0 Å². The van der Waals surface area contributed by atoms with Crippen molar-refractivity contribution < 1.29 is 14.8 Å². The van der Waals surface area contributed by atoms with Gasteiger partial charge in [-0.15, -0.1) is 0 Å². The Bertz CT molecular complexity index is 1120. The zero-order valence-electron chi connectivity index (χ0n) is 16.5. The van der Waals surface area contributed by atoms with Crippen LogP contribution in [-0.4, -0.2) is 41.8 Å². The molecule has 4 rings (SSSR count). The van der Waals surface area contributed by atoms with Crippen LogP contribution in [0.1, 0.15) is 17.2 Å². The third kappa shape index (κ3) is 4.59. The summed E-state index contributed by atoms with van der Waals surface area (Å²) in [6.45, 7) is 0.312. The molecule has 2 atom stereocenters. The van der Waals surface area contributed by atoms with Gasteiger partial charge >= 0.3 is 186 Å². The second-order valence-electron chi connectivity index (χ2n) is 7.12. The number of carbonyl (C=O) groups is 1. The summed E-state index contributed by atoms with van der Waals surface area (Å²) < 4.78 is 1.69. The summed E-state index contributed by atoms with van der Waals surface area (Å²) in [7, 11) is 0. The van der Waals surface area contributed by atoms with E-state index in [-0.39, 0.29) is 32.1 Å². The van der Waals surface area contributed by atoms with Crippen LogP contribution in [-0.2, 0) is 11.3 Å². The van der Waals surface area contributed by atoms with Crippen LogP contribution in [0.2, 0.25) is 0 Å². The Labute approximate surface area is 186 Å².